The first-order valence-electron chi connectivity index (χ1n) is 9.77. The van der Waals surface area contributed by atoms with Crippen LogP contribution in [0, 0.1) is 6.92 Å². The van der Waals surface area contributed by atoms with Crippen LogP contribution in [0.2, 0.25) is 0 Å². The Bertz CT molecular complexity index is 1090. The maximum absolute atomic E-state index is 12.9. The quantitative estimate of drug-likeness (QED) is 0.631. The van der Waals surface area contributed by atoms with Gasteiger partial charge in [-0.3, -0.25) is 4.98 Å². The molecule has 0 aromatic carbocycles. The van der Waals surface area contributed by atoms with Gasteiger partial charge in [0, 0.05) is 45.1 Å². The Morgan fingerprint density at radius 3 is 2.50 bits per heavy atom. The molecule has 0 amide bonds. The largest absolute Gasteiger partial charge is 0.352 e. The topological polar surface area (TPSA) is 109 Å². The number of piperazine rings is 1. The summed E-state index contributed by atoms with van der Waals surface area (Å²) in [5, 5.41) is 11.7. The number of rotatable bonds is 6. The zero-order chi connectivity index (χ0) is 21.1. The Morgan fingerprint density at radius 2 is 1.90 bits per heavy atom. The van der Waals surface area contributed by atoms with E-state index in [0.717, 1.165) is 11.5 Å². The molecule has 1 N–H and O–H groups in total. The molecule has 1 fully saturated rings. The molecular weight excluding hydrogens is 404 g/mol. The van der Waals surface area contributed by atoms with Crippen LogP contribution in [-0.4, -0.2) is 63.6 Å². The summed E-state index contributed by atoms with van der Waals surface area (Å²) in [7, 11) is -3.60. The fourth-order valence-electron chi connectivity index (χ4n) is 3.36. The Balaban J connectivity index is 1.39. The average molecular weight is 429 g/mol. The number of aromatic nitrogens is 5. The molecule has 158 valence electrons. The third-order valence-electron chi connectivity index (χ3n) is 5.05. The van der Waals surface area contributed by atoms with Crippen LogP contribution in [0.1, 0.15) is 12.7 Å². The van der Waals surface area contributed by atoms with Crippen molar-refractivity contribution in [2.75, 3.05) is 36.4 Å². The van der Waals surface area contributed by atoms with Gasteiger partial charge in [0.2, 0.25) is 0 Å². The van der Waals surface area contributed by atoms with Crippen molar-refractivity contribution in [1.29, 1.82) is 0 Å². The Morgan fingerprint density at radius 1 is 1.10 bits per heavy atom. The highest BCUT2D eigenvalue weighted by molar-refractivity contribution is 7.89. The molecule has 3 aromatic rings. The molecule has 30 heavy (non-hydrogen) atoms. The summed E-state index contributed by atoms with van der Waals surface area (Å²) < 4.78 is 29.2. The van der Waals surface area contributed by atoms with Crippen molar-refractivity contribution in [3.8, 4) is 0 Å². The smallest absolute Gasteiger partial charge is 0.262 e. The molecule has 0 radical (unpaired) electrons. The summed E-state index contributed by atoms with van der Waals surface area (Å²) in [4.78, 5) is 10.3. The number of sulfonamides is 1. The van der Waals surface area contributed by atoms with Gasteiger partial charge in [-0.1, -0.05) is 0 Å². The molecule has 1 aliphatic heterocycles. The minimum Gasteiger partial charge on any atom is -0.352 e. The van der Waals surface area contributed by atoms with Crippen LogP contribution in [0.4, 0.5) is 17.3 Å². The first-order valence-corrected chi connectivity index (χ1v) is 11.2. The molecule has 0 unspecified atom stereocenters. The summed E-state index contributed by atoms with van der Waals surface area (Å²) in [5.41, 5.74) is 0.833. The molecule has 0 aliphatic carbocycles. The SMILES string of the molecule is CCn1cc(S(=O)(=O)N2CCN(c3ccc(Nc4cccnc4)nn3)CC2)nc1C. The highest BCUT2D eigenvalue weighted by atomic mass is 32.2. The number of anilines is 3. The number of pyridine rings is 1. The zero-order valence-corrected chi connectivity index (χ0v) is 17.7. The molecule has 11 heteroatoms. The van der Waals surface area contributed by atoms with Crippen molar-refractivity contribution in [3.05, 3.63) is 48.7 Å². The van der Waals surface area contributed by atoms with Crippen LogP contribution in [0.15, 0.2) is 47.9 Å². The number of nitrogens with one attached hydrogen (secondary N) is 1. The first-order chi connectivity index (χ1) is 14.5. The van der Waals surface area contributed by atoms with Gasteiger partial charge in [-0.05, 0) is 38.1 Å². The van der Waals surface area contributed by atoms with Crippen molar-refractivity contribution in [3.63, 3.8) is 0 Å². The molecule has 0 atom stereocenters. The summed E-state index contributed by atoms with van der Waals surface area (Å²) in [6.45, 7) is 6.28. The highest BCUT2D eigenvalue weighted by Gasteiger charge is 2.31. The molecule has 1 saturated heterocycles. The van der Waals surface area contributed by atoms with Gasteiger partial charge in [-0.25, -0.2) is 13.4 Å². The van der Waals surface area contributed by atoms with Crippen molar-refractivity contribution >= 4 is 27.3 Å². The standard InChI is InChI=1S/C19H24N8O2S/c1-3-25-14-19(21-15(25)2)30(28,29)27-11-9-26(10-12-27)18-7-6-17(23-24-18)22-16-5-4-8-20-13-16/h4-8,13-14H,3,9-12H2,1-2H3,(H,22,23). The van der Waals surface area contributed by atoms with Gasteiger partial charge < -0.3 is 14.8 Å². The highest BCUT2D eigenvalue weighted by Crippen LogP contribution is 2.21. The Labute approximate surface area is 175 Å². The second kappa shape index (κ2) is 8.36. The van der Waals surface area contributed by atoms with E-state index in [9.17, 15) is 8.42 Å². The van der Waals surface area contributed by atoms with E-state index in [0.29, 0.717) is 44.4 Å². The van der Waals surface area contributed by atoms with E-state index in [2.05, 4.69) is 25.5 Å². The van der Waals surface area contributed by atoms with Gasteiger partial charge >= 0.3 is 0 Å². The van der Waals surface area contributed by atoms with Crippen molar-refractivity contribution in [2.45, 2.75) is 25.4 Å². The molecule has 3 aromatic heterocycles. The van der Waals surface area contributed by atoms with Gasteiger partial charge in [-0.15, -0.1) is 10.2 Å². The molecule has 4 rings (SSSR count). The Kier molecular flexibility index (Phi) is 5.64. The van der Waals surface area contributed by atoms with Crippen LogP contribution in [0.3, 0.4) is 0 Å². The van der Waals surface area contributed by atoms with Gasteiger partial charge in [0.25, 0.3) is 10.0 Å². The minimum atomic E-state index is -3.60. The lowest BCUT2D eigenvalue weighted by Gasteiger charge is -2.34. The second-order valence-corrected chi connectivity index (χ2v) is 8.83. The van der Waals surface area contributed by atoms with E-state index < -0.39 is 10.0 Å². The van der Waals surface area contributed by atoms with Gasteiger partial charge in [0.05, 0.1) is 11.9 Å². The number of hydrogen-bond acceptors (Lipinski definition) is 8. The number of aryl methyl sites for hydroxylation is 2. The predicted octanol–water partition coefficient (Wildman–Crippen LogP) is 1.65. The molecule has 10 nitrogen and oxygen atoms in total. The number of imidazole rings is 1. The van der Waals surface area contributed by atoms with E-state index in [1.54, 1.807) is 18.6 Å². The third kappa shape index (κ3) is 4.12. The lowest BCUT2D eigenvalue weighted by Crippen LogP contribution is -2.49. The van der Waals surface area contributed by atoms with Crippen LogP contribution in [-0.2, 0) is 16.6 Å². The van der Waals surface area contributed by atoms with E-state index >= 15 is 0 Å². The lowest BCUT2D eigenvalue weighted by molar-refractivity contribution is 0.382. The van der Waals surface area contributed by atoms with Crippen molar-refractivity contribution < 1.29 is 8.42 Å². The molecule has 0 spiro atoms. The van der Waals surface area contributed by atoms with Crippen LogP contribution < -0.4 is 10.2 Å². The van der Waals surface area contributed by atoms with Gasteiger partial charge in [-0.2, -0.15) is 4.31 Å². The molecule has 0 saturated carbocycles. The van der Waals surface area contributed by atoms with Crippen LogP contribution in [0.5, 0.6) is 0 Å². The predicted molar refractivity (Wildman–Crippen MR) is 113 cm³/mol. The zero-order valence-electron chi connectivity index (χ0n) is 16.9. The lowest BCUT2D eigenvalue weighted by atomic mass is 10.3. The second-order valence-electron chi connectivity index (χ2n) is 6.95. The normalized spacial score (nSPS) is 15.3. The van der Waals surface area contributed by atoms with Crippen molar-refractivity contribution in [2.24, 2.45) is 0 Å². The summed E-state index contributed by atoms with van der Waals surface area (Å²) >= 11 is 0. The maximum atomic E-state index is 12.9. The van der Waals surface area contributed by atoms with Gasteiger partial charge in [0.15, 0.2) is 16.7 Å². The van der Waals surface area contributed by atoms with Gasteiger partial charge in [0.1, 0.15) is 5.82 Å². The Hall–Kier alpha value is -3.05. The van der Waals surface area contributed by atoms with E-state index in [1.165, 1.54) is 4.31 Å². The molecule has 4 heterocycles. The molecule has 0 bridgehead atoms. The minimum absolute atomic E-state index is 0.112. The van der Waals surface area contributed by atoms with E-state index in [1.807, 2.05) is 47.6 Å². The fraction of sp³-hybridized carbons (Fsp3) is 0.368. The van der Waals surface area contributed by atoms with Crippen molar-refractivity contribution in [1.82, 2.24) is 29.0 Å². The van der Waals surface area contributed by atoms with E-state index in [4.69, 9.17) is 0 Å². The monoisotopic (exact) mass is 428 g/mol. The fourth-order valence-corrected chi connectivity index (χ4v) is 4.78. The number of nitrogens with zero attached hydrogens (tertiary/aromatic N) is 7. The number of hydrogen-bond donors (Lipinski definition) is 1. The first kappa shape index (κ1) is 20.2. The van der Waals surface area contributed by atoms with E-state index in [-0.39, 0.29) is 5.03 Å². The van der Waals surface area contributed by atoms with Crippen LogP contribution in [0.25, 0.3) is 0 Å². The summed E-state index contributed by atoms with van der Waals surface area (Å²) in [6.07, 6.45) is 5.02. The molecular formula is C19H24N8O2S. The summed E-state index contributed by atoms with van der Waals surface area (Å²) in [5.74, 6) is 2.04. The summed E-state index contributed by atoms with van der Waals surface area (Å²) in [6, 6.07) is 7.46. The third-order valence-corrected chi connectivity index (χ3v) is 6.82. The van der Waals surface area contributed by atoms with Crippen LogP contribution >= 0.6 is 0 Å². The molecule has 1 aliphatic rings. The maximum Gasteiger partial charge on any atom is 0.262 e. The average Bonchev–Trinajstić information content (AvgIpc) is 3.17.